The summed E-state index contributed by atoms with van der Waals surface area (Å²) in [6.45, 7) is 3.53. The zero-order chi connectivity index (χ0) is 21.4. The van der Waals surface area contributed by atoms with Crippen LogP contribution >= 0.6 is 0 Å². The van der Waals surface area contributed by atoms with Gasteiger partial charge in [-0.1, -0.05) is 24.6 Å². The van der Waals surface area contributed by atoms with E-state index in [1.165, 1.54) is 0 Å². The molecular formula is C24H29N3O3S. The highest BCUT2D eigenvalue weighted by Gasteiger charge is 2.32. The van der Waals surface area contributed by atoms with Crippen molar-refractivity contribution >= 4 is 27.3 Å². The van der Waals surface area contributed by atoms with Gasteiger partial charge in [0.15, 0.2) is 0 Å². The number of hydrogen-bond donors (Lipinski definition) is 0. The fraction of sp³-hybridized carbons (Fsp3) is 0.458. The van der Waals surface area contributed by atoms with Crippen LogP contribution in [-0.4, -0.2) is 51.4 Å². The zero-order valence-electron chi connectivity index (χ0n) is 17.8. The van der Waals surface area contributed by atoms with Crippen LogP contribution in [0.1, 0.15) is 48.0 Å². The van der Waals surface area contributed by atoms with Crippen LogP contribution in [0, 0.1) is 0 Å². The molecule has 0 aliphatic carbocycles. The molecule has 0 saturated carbocycles. The second-order valence-corrected chi connectivity index (χ2v) is 10.6. The Kier molecular flexibility index (Phi) is 5.48. The first-order valence-electron chi connectivity index (χ1n) is 11.3. The van der Waals surface area contributed by atoms with Gasteiger partial charge in [0.05, 0.1) is 10.5 Å². The van der Waals surface area contributed by atoms with Gasteiger partial charge < -0.3 is 9.80 Å². The third-order valence-corrected chi connectivity index (χ3v) is 8.62. The lowest BCUT2D eigenvalue weighted by Crippen LogP contribution is -2.36. The number of benzene rings is 2. The predicted octanol–water partition coefficient (Wildman–Crippen LogP) is 3.66. The molecule has 0 aromatic heterocycles. The van der Waals surface area contributed by atoms with E-state index < -0.39 is 10.0 Å². The minimum Gasteiger partial charge on any atom is -0.371 e. The first kappa shape index (κ1) is 20.5. The number of hydrogen-bond acceptors (Lipinski definition) is 4. The molecule has 0 N–H and O–H groups in total. The molecule has 6 nitrogen and oxygen atoms in total. The molecule has 0 unspecified atom stereocenters. The predicted molar refractivity (Wildman–Crippen MR) is 122 cm³/mol. The van der Waals surface area contributed by atoms with E-state index in [2.05, 4.69) is 11.0 Å². The molecule has 1 amide bonds. The van der Waals surface area contributed by atoms with E-state index in [0.717, 1.165) is 68.6 Å². The molecule has 2 aromatic carbocycles. The molecule has 5 rings (SSSR count). The van der Waals surface area contributed by atoms with E-state index in [4.69, 9.17) is 0 Å². The third-order valence-electron chi connectivity index (χ3n) is 6.73. The summed E-state index contributed by atoms with van der Waals surface area (Å²) in [5.74, 6) is -0.109. The minimum absolute atomic E-state index is 0.109. The minimum atomic E-state index is -3.60. The van der Waals surface area contributed by atoms with Gasteiger partial charge in [-0.3, -0.25) is 4.79 Å². The molecule has 3 aliphatic rings. The van der Waals surface area contributed by atoms with E-state index in [0.29, 0.717) is 25.2 Å². The molecule has 2 aromatic rings. The second kappa shape index (κ2) is 8.28. The topological polar surface area (TPSA) is 60.9 Å². The number of nitrogens with zero attached hydrogens (tertiary/aromatic N) is 3. The Labute approximate surface area is 184 Å². The molecule has 0 bridgehead atoms. The lowest BCUT2D eigenvalue weighted by atomic mass is 10.1. The van der Waals surface area contributed by atoms with Crippen molar-refractivity contribution in [2.24, 2.45) is 0 Å². The first-order valence-corrected chi connectivity index (χ1v) is 12.8. The fourth-order valence-corrected chi connectivity index (χ4v) is 6.57. The maximum Gasteiger partial charge on any atom is 0.260 e. The summed E-state index contributed by atoms with van der Waals surface area (Å²) >= 11 is 0. The van der Waals surface area contributed by atoms with E-state index >= 15 is 0 Å². The average Bonchev–Trinajstić information content (AvgIpc) is 3.49. The van der Waals surface area contributed by atoms with Crippen molar-refractivity contribution in [1.82, 2.24) is 4.31 Å². The SMILES string of the molecule is O=C(c1cc(S(=O)(=O)N2CCCCC2)ccc1N1CCCC1)N1CCc2ccccc21. The van der Waals surface area contributed by atoms with E-state index in [-0.39, 0.29) is 10.8 Å². The molecular weight excluding hydrogens is 410 g/mol. The van der Waals surface area contributed by atoms with Gasteiger partial charge in [0.1, 0.15) is 0 Å². The van der Waals surface area contributed by atoms with Crippen LogP contribution in [0.3, 0.4) is 0 Å². The summed E-state index contributed by atoms with van der Waals surface area (Å²) < 4.78 is 28.2. The Balaban J connectivity index is 1.55. The summed E-state index contributed by atoms with van der Waals surface area (Å²) in [7, 11) is -3.60. The Hall–Kier alpha value is -2.38. The van der Waals surface area contributed by atoms with E-state index in [1.54, 1.807) is 16.4 Å². The lowest BCUT2D eigenvalue weighted by molar-refractivity contribution is 0.0989. The van der Waals surface area contributed by atoms with Crippen molar-refractivity contribution in [3.63, 3.8) is 0 Å². The fourth-order valence-electron chi connectivity index (χ4n) is 5.03. The van der Waals surface area contributed by atoms with Gasteiger partial charge >= 0.3 is 0 Å². The summed E-state index contributed by atoms with van der Waals surface area (Å²) in [6.07, 6.45) is 5.86. The smallest absolute Gasteiger partial charge is 0.260 e. The Morgan fingerprint density at radius 2 is 1.48 bits per heavy atom. The van der Waals surface area contributed by atoms with Gasteiger partial charge in [-0.2, -0.15) is 4.31 Å². The maximum absolute atomic E-state index is 13.7. The van der Waals surface area contributed by atoms with Crippen LogP contribution in [-0.2, 0) is 16.4 Å². The molecule has 3 aliphatic heterocycles. The molecule has 31 heavy (non-hydrogen) atoms. The van der Waals surface area contributed by atoms with Crippen LogP contribution in [0.4, 0.5) is 11.4 Å². The largest absolute Gasteiger partial charge is 0.371 e. The molecule has 3 heterocycles. The number of sulfonamides is 1. The Morgan fingerprint density at radius 1 is 0.774 bits per heavy atom. The standard InChI is InChI=1S/C24H29N3O3S/c28-24(27-17-12-19-8-2-3-9-22(19)27)21-18-20(10-11-23(21)25-13-6-7-14-25)31(29,30)26-15-4-1-5-16-26/h2-3,8-11,18H,1,4-7,12-17H2. The number of anilines is 2. The van der Waals surface area contributed by atoms with Crippen molar-refractivity contribution in [2.75, 3.05) is 42.5 Å². The van der Waals surface area contributed by atoms with Crippen LogP contribution in [0.15, 0.2) is 47.4 Å². The van der Waals surface area contributed by atoms with Gasteiger partial charge in [0.25, 0.3) is 5.91 Å². The van der Waals surface area contributed by atoms with Crippen molar-refractivity contribution < 1.29 is 13.2 Å². The number of carbonyl (C=O) groups is 1. The highest BCUT2D eigenvalue weighted by Crippen LogP contribution is 2.34. The summed E-state index contributed by atoms with van der Waals surface area (Å²) in [5, 5.41) is 0. The molecule has 0 radical (unpaired) electrons. The number of amides is 1. The third kappa shape index (κ3) is 3.74. The zero-order valence-corrected chi connectivity index (χ0v) is 18.6. The van der Waals surface area contributed by atoms with Crippen molar-refractivity contribution in [2.45, 2.75) is 43.4 Å². The molecule has 2 saturated heterocycles. The average molecular weight is 440 g/mol. The maximum atomic E-state index is 13.7. The number of para-hydroxylation sites is 1. The van der Waals surface area contributed by atoms with Crippen molar-refractivity contribution in [1.29, 1.82) is 0 Å². The Morgan fingerprint density at radius 3 is 2.26 bits per heavy atom. The Bertz CT molecular complexity index is 1090. The van der Waals surface area contributed by atoms with Crippen LogP contribution in [0.2, 0.25) is 0 Å². The van der Waals surface area contributed by atoms with Crippen LogP contribution in [0.5, 0.6) is 0 Å². The normalized spacial score (nSPS) is 19.6. The molecule has 164 valence electrons. The van der Waals surface area contributed by atoms with E-state index in [9.17, 15) is 13.2 Å². The first-order chi connectivity index (χ1) is 15.1. The number of rotatable bonds is 4. The van der Waals surface area contributed by atoms with Crippen LogP contribution < -0.4 is 9.80 Å². The monoisotopic (exact) mass is 439 g/mol. The summed E-state index contributed by atoms with van der Waals surface area (Å²) in [6, 6.07) is 13.1. The van der Waals surface area contributed by atoms with Gasteiger partial charge in [0, 0.05) is 44.1 Å². The molecule has 0 spiro atoms. The number of carbonyl (C=O) groups excluding carboxylic acids is 1. The summed E-state index contributed by atoms with van der Waals surface area (Å²) in [5.41, 5.74) is 3.45. The highest BCUT2D eigenvalue weighted by molar-refractivity contribution is 7.89. The number of fused-ring (bicyclic) bond motifs is 1. The molecule has 2 fully saturated rings. The molecule has 0 atom stereocenters. The van der Waals surface area contributed by atoms with Crippen molar-refractivity contribution in [3.8, 4) is 0 Å². The van der Waals surface area contributed by atoms with Gasteiger partial charge in [-0.05, 0) is 61.9 Å². The van der Waals surface area contributed by atoms with Gasteiger partial charge in [-0.25, -0.2) is 8.42 Å². The quantitative estimate of drug-likeness (QED) is 0.729. The van der Waals surface area contributed by atoms with Gasteiger partial charge in [0.2, 0.25) is 10.0 Å². The van der Waals surface area contributed by atoms with Crippen LogP contribution in [0.25, 0.3) is 0 Å². The second-order valence-electron chi connectivity index (χ2n) is 8.67. The van der Waals surface area contributed by atoms with Gasteiger partial charge in [-0.15, -0.1) is 0 Å². The highest BCUT2D eigenvalue weighted by atomic mass is 32.2. The molecule has 7 heteroatoms. The summed E-state index contributed by atoms with van der Waals surface area (Å²) in [4.78, 5) is 18.0. The van der Waals surface area contributed by atoms with Crippen molar-refractivity contribution in [3.05, 3.63) is 53.6 Å². The van der Waals surface area contributed by atoms with E-state index in [1.807, 2.05) is 29.2 Å². The number of piperidine rings is 1. The lowest BCUT2D eigenvalue weighted by Gasteiger charge is -2.28.